The molecule has 0 amide bonds. The Morgan fingerprint density at radius 3 is 1.75 bits per heavy atom. The van der Waals surface area contributed by atoms with Gasteiger partial charge < -0.3 is 0 Å². The van der Waals surface area contributed by atoms with E-state index in [-0.39, 0.29) is 24.4 Å². The van der Waals surface area contributed by atoms with Crippen LogP contribution < -0.4 is 0 Å². The molecule has 26 valence electrons. The average Bonchev–Trinajstić information content (AvgIpc) is 0.918. The molecule has 0 fully saturated rings. The first kappa shape index (κ1) is 8.98. The fourth-order valence-electron chi connectivity index (χ4n) is 0. The summed E-state index contributed by atoms with van der Waals surface area (Å²) < 4.78 is 1.28. The van der Waals surface area contributed by atoms with Crippen LogP contribution in [0.1, 0.15) is 0 Å². The first-order chi connectivity index (χ1) is 1.41. The Labute approximate surface area is 53.8 Å². The Kier molecular flexibility index (Phi) is 19.9. The van der Waals surface area contributed by atoms with Crippen molar-refractivity contribution in [2.75, 3.05) is 0 Å². The molecule has 0 aromatic carbocycles. The third-order valence-electron chi connectivity index (χ3n) is 0. The molecule has 0 atom stereocenters. The van der Waals surface area contributed by atoms with Gasteiger partial charge in [-0.15, -0.1) is 12.6 Å². The van der Waals surface area contributed by atoms with Crippen LogP contribution in [0.2, 0.25) is 0 Å². The van der Waals surface area contributed by atoms with E-state index in [1.54, 1.807) is 0 Å². The van der Waals surface area contributed by atoms with Crippen LogP contribution >= 0.6 is 24.8 Å². The van der Waals surface area contributed by atoms with E-state index in [2.05, 4.69) is 24.8 Å². The first-order valence-electron chi connectivity index (χ1n) is 0.494. The normalized spacial score (nSPS) is 3.25. The van der Waals surface area contributed by atoms with Crippen molar-refractivity contribution in [3.63, 3.8) is 0 Å². The van der Waals surface area contributed by atoms with E-state index < -0.39 is 0 Å². The molecule has 0 aliphatic rings. The molecule has 0 radical (unpaired) electrons. The van der Waals surface area contributed by atoms with Gasteiger partial charge in [-0.3, -0.25) is 0 Å². The van der Waals surface area contributed by atoms with Gasteiger partial charge in [0.15, 0.2) is 0 Å². The van der Waals surface area contributed by atoms with Crippen LogP contribution in [0.4, 0.5) is 0 Å². The number of hydrogen-bond acceptors (Lipinski definition) is 1. The summed E-state index contributed by atoms with van der Waals surface area (Å²) in [6, 6.07) is 0. The molecule has 0 bridgehead atoms. The molecule has 0 saturated heterocycles. The molecular formula is CH5S2Sb. The zero-order chi connectivity index (χ0) is 2.71. The van der Waals surface area contributed by atoms with Crippen LogP contribution in [0.15, 0.2) is 0 Å². The quantitative estimate of drug-likeness (QED) is 0.320. The summed E-state index contributed by atoms with van der Waals surface area (Å²) in [7, 11) is 0. The van der Waals surface area contributed by atoms with E-state index in [0.717, 1.165) is 0 Å². The van der Waals surface area contributed by atoms with Crippen molar-refractivity contribution in [2.45, 2.75) is 0 Å². The fraction of sp³-hybridized carbons (Fsp3) is 0. The fourth-order valence-corrected chi connectivity index (χ4v) is 0. The van der Waals surface area contributed by atoms with E-state index >= 15 is 0 Å². The molecule has 0 N–H and O–H groups in total. The van der Waals surface area contributed by atoms with Gasteiger partial charge in [-0.25, -0.2) is 0 Å². The Morgan fingerprint density at radius 2 is 1.75 bits per heavy atom. The monoisotopic (exact) mass is 202 g/mol. The maximum absolute atomic E-state index is 4.13. The van der Waals surface area contributed by atoms with Gasteiger partial charge in [0.25, 0.3) is 0 Å². The van der Waals surface area contributed by atoms with Crippen molar-refractivity contribution in [1.29, 1.82) is 0 Å². The number of hydrogen-bond donors (Lipinski definition) is 1. The zero-order valence-corrected chi connectivity index (χ0v) is 7.89. The van der Waals surface area contributed by atoms with Gasteiger partial charge in [0, 0.05) is 4.70 Å². The summed E-state index contributed by atoms with van der Waals surface area (Å²) in [6.45, 7) is 0. The zero-order valence-electron chi connectivity index (χ0n) is 2.14. The van der Waals surface area contributed by atoms with Crippen LogP contribution in [0.3, 0.4) is 0 Å². The predicted molar refractivity (Wildman–Crippen MR) is 32.6 cm³/mol. The molecule has 0 aliphatic carbocycles. The average molecular weight is 203 g/mol. The Bertz CT molecular complexity index is 13.5. The molecule has 0 unspecified atom stereocenters. The van der Waals surface area contributed by atoms with Crippen LogP contribution in [0.25, 0.3) is 0 Å². The van der Waals surface area contributed by atoms with E-state index in [9.17, 15) is 0 Å². The van der Waals surface area contributed by atoms with Gasteiger partial charge in [-0.1, -0.05) is 12.2 Å². The molecule has 0 aliphatic heterocycles. The topological polar surface area (TPSA) is 0 Å². The minimum absolute atomic E-state index is 0. The third-order valence-corrected chi connectivity index (χ3v) is 0. The molecule has 3 heteroatoms. The van der Waals surface area contributed by atoms with Gasteiger partial charge in [0.1, 0.15) is 0 Å². The summed E-state index contributed by atoms with van der Waals surface area (Å²) in [4.78, 5) is 0. The molecule has 4 heavy (non-hydrogen) atoms. The molecule has 0 aromatic heterocycles. The molecule has 0 spiro atoms. The van der Waals surface area contributed by atoms with Crippen LogP contribution in [-0.4, -0.2) is 29.1 Å². The van der Waals surface area contributed by atoms with Gasteiger partial charge in [-0.2, -0.15) is 0 Å². The Hall–Kier alpha value is 1.26. The standard InChI is InChI=1S/CH2S2.Sb.3H/c2-1-3;;;;/h1H,(H,2,3);;;;. The SMILES string of the molecule is S=CS.[SbH3]. The summed E-state index contributed by atoms with van der Waals surface area (Å²) >= 11 is 7.61. The van der Waals surface area contributed by atoms with Crippen molar-refractivity contribution in [3.05, 3.63) is 0 Å². The second-order valence-corrected chi connectivity index (χ2v) is 0.949. The Balaban J connectivity index is 0. The summed E-state index contributed by atoms with van der Waals surface area (Å²) in [5, 5.41) is 0. The van der Waals surface area contributed by atoms with Crippen molar-refractivity contribution in [3.8, 4) is 0 Å². The van der Waals surface area contributed by atoms with Crippen molar-refractivity contribution >= 4 is 54.0 Å². The van der Waals surface area contributed by atoms with Gasteiger partial charge in [0.05, 0.1) is 0 Å². The van der Waals surface area contributed by atoms with Crippen molar-refractivity contribution in [2.24, 2.45) is 0 Å². The second kappa shape index (κ2) is 8.86. The molecular weight excluding hydrogens is 198 g/mol. The Morgan fingerprint density at radius 1 is 1.75 bits per heavy atom. The summed E-state index contributed by atoms with van der Waals surface area (Å²) in [5.74, 6) is 0. The van der Waals surface area contributed by atoms with Gasteiger partial charge >= 0.3 is 24.4 Å². The van der Waals surface area contributed by atoms with Crippen molar-refractivity contribution < 1.29 is 0 Å². The molecule has 0 aromatic rings. The predicted octanol–water partition coefficient (Wildman–Crippen LogP) is -0.310. The first-order valence-corrected chi connectivity index (χ1v) is 1.48. The van der Waals surface area contributed by atoms with E-state index in [1.165, 1.54) is 4.70 Å². The van der Waals surface area contributed by atoms with E-state index in [1.807, 2.05) is 0 Å². The molecule has 0 heterocycles. The van der Waals surface area contributed by atoms with E-state index in [4.69, 9.17) is 0 Å². The second-order valence-electron chi connectivity index (χ2n) is 0.105. The summed E-state index contributed by atoms with van der Waals surface area (Å²) in [6.07, 6.45) is 0. The van der Waals surface area contributed by atoms with E-state index in [0.29, 0.717) is 0 Å². The molecule has 0 nitrogen and oxygen atoms in total. The third kappa shape index (κ3) is 10.5. The maximum atomic E-state index is 4.13. The number of thiocarbonyl (C=S) groups is 1. The molecule has 0 saturated carbocycles. The van der Waals surface area contributed by atoms with Crippen LogP contribution in [-0.2, 0) is 0 Å². The van der Waals surface area contributed by atoms with Crippen LogP contribution in [0.5, 0.6) is 0 Å². The minimum atomic E-state index is 0. The number of thiol groups is 1. The summed E-state index contributed by atoms with van der Waals surface area (Å²) in [5.41, 5.74) is 0. The number of rotatable bonds is 0. The van der Waals surface area contributed by atoms with Gasteiger partial charge in [-0.05, 0) is 0 Å². The van der Waals surface area contributed by atoms with Gasteiger partial charge in [0.2, 0.25) is 0 Å². The molecule has 0 rings (SSSR count). The van der Waals surface area contributed by atoms with Crippen LogP contribution in [0, 0.1) is 0 Å². The van der Waals surface area contributed by atoms with Crippen molar-refractivity contribution in [1.82, 2.24) is 0 Å².